The number of alkyl halides is 6. The van der Waals surface area contributed by atoms with E-state index >= 15 is 0 Å². The molecule has 1 aliphatic rings. The number of ether oxygens (including phenoxy) is 1. The zero-order chi connectivity index (χ0) is 27.8. The minimum absolute atomic E-state index is 0.345. The highest BCUT2D eigenvalue weighted by molar-refractivity contribution is 7.89. The van der Waals surface area contributed by atoms with Gasteiger partial charge < -0.3 is 14.9 Å². The largest absolute Gasteiger partial charge is 0.493 e. The molecule has 2 aromatic rings. The second-order valence-electron chi connectivity index (χ2n) is 8.20. The van der Waals surface area contributed by atoms with Gasteiger partial charge in [0.15, 0.2) is 0 Å². The summed E-state index contributed by atoms with van der Waals surface area (Å²) >= 11 is 0. The molecule has 1 saturated heterocycles. The molecule has 1 aliphatic heterocycles. The Morgan fingerprint density at radius 1 is 1.03 bits per heavy atom. The smallest absolute Gasteiger partial charge is 0.417 e. The molecule has 0 bridgehead atoms. The van der Waals surface area contributed by atoms with Crippen molar-refractivity contribution in [3.8, 4) is 17.9 Å². The van der Waals surface area contributed by atoms with Crippen LogP contribution in [0.3, 0.4) is 0 Å². The molecule has 1 fully saturated rings. The molecule has 2 aromatic carbocycles. The van der Waals surface area contributed by atoms with Gasteiger partial charge in [-0.25, -0.2) is 8.42 Å². The zero-order valence-electron chi connectivity index (χ0n) is 18.5. The molecule has 0 aliphatic carbocycles. The monoisotopic (exact) mass is 549 g/mol. The van der Waals surface area contributed by atoms with E-state index in [1.54, 1.807) is 0 Å². The van der Waals surface area contributed by atoms with Crippen LogP contribution in [0.5, 0.6) is 5.75 Å². The van der Waals surface area contributed by atoms with Crippen LogP contribution in [-0.2, 0) is 22.4 Å². The predicted octanol–water partition coefficient (Wildman–Crippen LogP) is 2.89. The van der Waals surface area contributed by atoms with E-state index in [9.17, 15) is 50.2 Å². The topological polar surface area (TPSA) is 135 Å². The van der Waals surface area contributed by atoms with E-state index < -0.39 is 87.3 Å². The molecule has 0 radical (unpaired) electrons. The summed E-state index contributed by atoms with van der Waals surface area (Å²) in [5, 5.41) is 38.6. The molecule has 0 aromatic heterocycles. The highest BCUT2D eigenvalue weighted by Gasteiger charge is 2.50. The molecular formula is C22H17F6N3O5S. The maximum Gasteiger partial charge on any atom is 0.417 e. The van der Waals surface area contributed by atoms with Crippen molar-refractivity contribution in [2.75, 3.05) is 26.3 Å². The van der Waals surface area contributed by atoms with Crippen LogP contribution in [0, 0.1) is 28.6 Å². The van der Waals surface area contributed by atoms with Gasteiger partial charge in [0.2, 0.25) is 10.0 Å². The van der Waals surface area contributed by atoms with Gasteiger partial charge in [0.1, 0.15) is 17.4 Å². The number of hydrogen-bond acceptors (Lipinski definition) is 7. The van der Waals surface area contributed by atoms with Gasteiger partial charge in [0, 0.05) is 19.0 Å². The summed E-state index contributed by atoms with van der Waals surface area (Å²) in [6.07, 6.45) is -9.70. The summed E-state index contributed by atoms with van der Waals surface area (Å²) in [7, 11) is -4.64. The van der Waals surface area contributed by atoms with E-state index in [2.05, 4.69) is 0 Å². The molecular weight excluding hydrogens is 532 g/mol. The number of aliphatic hydroxyl groups is 2. The third kappa shape index (κ3) is 5.65. The fraction of sp³-hybridized carbons (Fsp3) is 0.364. The molecule has 198 valence electrons. The van der Waals surface area contributed by atoms with Gasteiger partial charge in [0.05, 0.1) is 46.4 Å². The van der Waals surface area contributed by atoms with Crippen LogP contribution >= 0.6 is 0 Å². The molecule has 37 heavy (non-hydrogen) atoms. The summed E-state index contributed by atoms with van der Waals surface area (Å²) in [6.45, 7) is -2.81. The Morgan fingerprint density at radius 2 is 1.68 bits per heavy atom. The average molecular weight is 549 g/mol. The number of nitrogens with zero attached hydrogens (tertiary/aromatic N) is 3. The average Bonchev–Trinajstić information content (AvgIpc) is 3.18. The molecule has 1 heterocycles. The van der Waals surface area contributed by atoms with Crippen LogP contribution < -0.4 is 4.74 Å². The molecule has 0 saturated carbocycles. The first kappa shape index (κ1) is 28.2. The first-order chi connectivity index (χ1) is 17.1. The van der Waals surface area contributed by atoms with Crippen LogP contribution in [0.2, 0.25) is 0 Å². The van der Waals surface area contributed by atoms with E-state index in [1.807, 2.05) is 0 Å². The summed E-state index contributed by atoms with van der Waals surface area (Å²) in [4.78, 5) is -0.758. The van der Waals surface area contributed by atoms with Gasteiger partial charge in [-0.1, -0.05) is 0 Å². The standard InChI is InChI=1S/C22H17F6N3O5S/c23-21(24,25)15-2-4-19(14(5-15)8-30)37(34,35)31-9-16(20(33,11-31)12-32)10-36-17-3-1-13(7-29)18(6-17)22(26,27)28/h1-6,16,32-33H,9-12H2/t16-,20-/m1/s1. The van der Waals surface area contributed by atoms with Gasteiger partial charge >= 0.3 is 12.4 Å². The third-order valence-electron chi connectivity index (χ3n) is 5.82. The molecule has 15 heteroatoms. The summed E-state index contributed by atoms with van der Waals surface area (Å²) in [5.41, 5.74) is -6.09. The van der Waals surface area contributed by atoms with Crippen LogP contribution in [0.4, 0.5) is 26.3 Å². The van der Waals surface area contributed by atoms with E-state index in [0.29, 0.717) is 28.6 Å². The predicted molar refractivity (Wildman–Crippen MR) is 112 cm³/mol. The SMILES string of the molecule is N#Cc1ccc(OC[C@H]2CN(S(=O)(=O)c3ccc(C(F)(F)F)cc3C#N)C[C@@]2(O)CO)cc1C(F)(F)F. The summed E-state index contributed by atoms with van der Waals surface area (Å²) in [6, 6.07) is 6.74. The highest BCUT2D eigenvalue weighted by Crippen LogP contribution is 2.37. The Hall–Kier alpha value is -3.37. The number of halogens is 6. The quantitative estimate of drug-likeness (QED) is 0.529. The molecule has 0 spiro atoms. The van der Waals surface area contributed by atoms with Gasteiger partial charge in [0.25, 0.3) is 0 Å². The summed E-state index contributed by atoms with van der Waals surface area (Å²) in [5.74, 6) is -1.53. The first-order valence-electron chi connectivity index (χ1n) is 10.3. The number of rotatable bonds is 6. The van der Waals surface area contributed by atoms with Crippen molar-refractivity contribution in [3.63, 3.8) is 0 Å². The second-order valence-corrected chi connectivity index (χ2v) is 10.1. The Morgan fingerprint density at radius 3 is 2.22 bits per heavy atom. The van der Waals surface area contributed by atoms with Crippen molar-refractivity contribution < 1.29 is 49.7 Å². The molecule has 0 unspecified atom stereocenters. The number of hydrogen-bond donors (Lipinski definition) is 2. The maximum absolute atomic E-state index is 13.2. The lowest BCUT2D eigenvalue weighted by atomic mass is 9.92. The van der Waals surface area contributed by atoms with E-state index in [0.717, 1.165) is 12.1 Å². The van der Waals surface area contributed by atoms with Crippen LogP contribution in [-0.4, -0.2) is 54.8 Å². The van der Waals surface area contributed by atoms with Crippen LogP contribution in [0.15, 0.2) is 41.3 Å². The van der Waals surface area contributed by atoms with E-state index in [-0.39, 0.29) is 5.75 Å². The Balaban J connectivity index is 1.87. The van der Waals surface area contributed by atoms with E-state index in [1.165, 1.54) is 12.1 Å². The van der Waals surface area contributed by atoms with Crippen molar-refractivity contribution in [2.24, 2.45) is 5.92 Å². The fourth-order valence-electron chi connectivity index (χ4n) is 3.78. The van der Waals surface area contributed by atoms with Gasteiger partial charge in [-0.2, -0.15) is 41.2 Å². The van der Waals surface area contributed by atoms with Crippen molar-refractivity contribution >= 4 is 10.0 Å². The van der Waals surface area contributed by atoms with Crippen molar-refractivity contribution in [3.05, 3.63) is 58.7 Å². The second kappa shape index (κ2) is 9.83. The first-order valence-corrected chi connectivity index (χ1v) is 11.7. The lowest BCUT2D eigenvalue weighted by Gasteiger charge is -2.26. The molecule has 2 atom stereocenters. The number of sulfonamides is 1. The normalized spacial score (nSPS) is 20.9. The van der Waals surface area contributed by atoms with Crippen molar-refractivity contribution in [1.29, 1.82) is 10.5 Å². The fourth-order valence-corrected chi connectivity index (χ4v) is 5.45. The molecule has 8 nitrogen and oxygen atoms in total. The van der Waals surface area contributed by atoms with Gasteiger partial charge in [-0.3, -0.25) is 0 Å². The van der Waals surface area contributed by atoms with Crippen LogP contribution in [0.1, 0.15) is 22.3 Å². The number of nitriles is 2. The summed E-state index contributed by atoms with van der Waals surface area (Å²) < 4.78 is 111. The van der Waals surface area contributed by atoms with Crippen LogP contribution in [0.25, 0.3) is 0 Å². The van der Waals surface area contributed by atoms with Gasteiger partial charge in [-0.05, 0) is 36.4 Å². The highest BCUT2D eigenvalue weighted by atomic mass is 32.2. The number of β-amino-alcohol motifs (C(OH)–C–C–N with tert-alkyl or cyclic N) is 1. The molecule has 2 N–H and O–H groups in total. The third-order valence-corrected chi connectivity index (χ3v) is 7.69. The van der Waals surface area contributed by atoms with Crippen molar-refractivity contribution in [1.82, 2.24) is 4.31 Å². The minimum atomic E-state index is -4.87. The zero-order valence-corrected chi connectivity index (χ0v) is 19.3. The van der Waals surface area contributed by atoms with Crippen molar-refractivity contribution in [2.45, 2.75) is 22.8 Å². The Kier molecular flexibility index (Phi) is 7.49. The molecule has 3 rings (SSSR count). The Bertz CT molecular complexity index is 1380. The Labute approximate surface area is 206 Å². The lowest BCUT2D eigenvalue weighted by Crippen LogP contribution is -2.44. The number of aliphatic hydroxyl groups excluding tert-OH is 1. The molecule has 0 amide bonds. The van der Waals surface area contributed by atoms with E-state index in [4.69, 9.17) is 10.00 Å². The number of benzene rings is 2. The minimum Gasteiger partial charge on any atom is -0.493 e. The maximum atomic E-state index is 13.2. The van der Waals surface area contributed by atoms with Gasteiger partial charge in [-0.15, -0.1) is 0 Å². The lowest BCUT2D eigenvalue weighted by molar-refractivity contribution is -0.138.